The van der Waals surface area contributed by atoms with E-state index in [2.05, 4.69) is 15.6 Å². The first kappa shape index (κ1) is 18.0. The molecule has 2 aliphatic rings. The van der Waals surface area contributed by atoms with E-state index in [1.165, 1.54) is 6.07 Å². The number of carbonyl (C=O) groups excluding carboxylic acids is 1. The Balaban J connectivity index is 1.49. The van der Waals surface area contributed by atoms with E-state index in [0.29, 0.717) is 18.9 Å². The summed E-state index contributed by atoms with van der Waals surface area (Å²) in [5, 5.41) is 6.33. The summed E-state index contributed by atoms with van der Waals surface area (Å²) in [4.78, 5) is 18.1. The number of anilines is 1. The number of amides is 1. The summed E-state index contributed by atoms with van der Waals surface area (Å²) < 4.78 is 37.8. The predicted molar refractivity (Wildman–Crippen MR) is 88.3 cm³/mol. The van der Waals surface area contributed by atoms with Gasteiger partial charge in [-0.2, -0.15) is 13.2 Å². The molecule has 0 aliphatic carbocycles. The topological polar surface area (TPSA) is 57.3 Å². The molecule has 1 aromatic heterocycles. The maximum absolute atomic E-state index is 12.6. The van der Waals surface area contributed by atoms with Crippen molar-refractivity contribution in [2.45, 2.75) is 50.4 Å². The van der Waals surface area contributed by atoms with Gasteiger partial charge in [0.25, 0.3) is 0 Å². The number of nitrogens with zero attached hydrogens (tertiary/aromatic N) is 2. The third-order valence-corrected chi connectivity index (χ3v) is 4.87. The van der Waals surface area contributed by atoms with E-state index in [4.69, 9.17) is 0 Å². The molecule has 0 saturated carbocycles. The molecule has 0 radical (unpaired) electrons. The molecule has 1 atom stereocenters. The molecule has 0 bridgehead atoms. The quantitative estimate of drug-likeness (QED) is 0.873. The summed E-state index contributed by atoms with van der Waals surface area (Å²) in [7, 11) is 0. The lowest BCUT2D eigenvalue weighted by Gasteiger charge is -2.34. The average Bonchev–Trinajstić information content (AvgIpc) is 2.62. The van der Waals surface area contributed by atoms with Crippen LogP contribution in [0.4, 0.5) is 19.0 Å². The summed E-state index contributed by atoms with van der Waals surface area (Å²) in [5.74, 6) is 0.609. The van der Waals surface area contributed by atoms with Crippen LogP contribution >= 0.6 is 0 Å². The van der Waals surface area contributed by atoms with Gasteiger partial charge in [0.05, 0.1) is 11.6 Å². The highest BCUT2D eigenvalue weighted by atomic mass is 19.4. The maximum Gasteiger partial charge on any atom is 0.417 e. The van der Waals surface area contributed by atoms with Crippen molar-refractivity contribution in [2.24, 2.45) is 0 Å². The second-order valence-electron chi connectivity index (χ2n) is 6.68. The Hall–Kier alpha value is -1.83. The van der Waals surface area contributed by atoms with Crippen molar-refractivity contribution in [1.82, 2.24) is 15.6 Å². The number of halogens is 3. The minimum atomic E-state index is -4.37. The van der Waals surface area contributed by atoms with Crippen LogP contribution < -0.4 is 15.5 Å². The van der Waals surface area contributed by atoms with Crippen LogP contribution in [0.25, 0.3) is 0 Å². The van der Waals surface area contributed by atoms with Gasteiger partial charge in [-0.1, -0.05) is 6.42 Å². The van der Waals surface area contributed by atoms with E-state index < -0.39 is 11.7 Å². The van der Waals surface area contributed by atoms with Gasteiger partial charge >= 0.3 is 6.18 Å². The lowest BCUT2D eigenvalue weighted by Crippen LogP contribution is -2.52. The molecule has 25 heavy (non-hydrogen) atoms. The molecule has 1 aromatic rings. The van der Waals surface area contributed by atoms with Crippen molar-refractivity contribution in [2.75, 3.05) is 24.5 Å². The molecule has 1 unspecified atom stereocenters. The van der Waals surface area contributed by atoms with Crippen LogP contribution in [-0.2, 0) is 11.0 Å². The van der Waals surface area contributed by atoms with Crippen LogP contribution in [0.3, 0.4) is 0 Å². The number of hydrogen-bond acceptors (Lipinski definition) is 4. The van der Waals surface area contributed by atoms with Crippen LogP contribution in [0.5, 0.6) is 0 Å². The van der Waals surface area contributed by atoms with E-state index in [1.54, 1.807) is 0 Å². The van der Waals surface area contributed by atoms with Gasteiger partial charge in [-0.3, -0.25) is 4.79 Å². The lowest BCUT2D eigenvalue weighted by molar-refractivity contribution is -0.137. The molecule has 5 nitrogen and oxygen atoms in total. The van der Waals surface area contributed by atoms with E-state index in [9.17, 15) is 18.0 Å². The smallest absolute Gasteiger partial charge is 0.356 e. The van der Waals surface area contributed by atoms with E-state index in [1.807, 2.05) is 4.90 Å². The van der Waals surface area contributed by atoms with Crippen molar-refractivity contribution in [3.8, 4) is 0 Å². The third-order valence-electron chi connectivity index (χ3n) is 4.87. The summed E-state index contributed by atoms with van der Waals surface area (Å²) in [6.45, 7) is 2.22. The number of carbonyl (C=O) groups is 1. The van der Waals surface area contributed by atoms with Crippen molar-refractivity contribution in [3.63, 3.8) is 0 Å². The van der Waals surface area contributed by atoms with Gasteiger partial charge in [-0.25, -0.2) is 4.98 Å². The molecular formula is C17H23F3N4O. The lowest BCUT2D eigenvalue weighted by atomic mass is 10.0. The molecule has 2 fully saturated rings. The van der Waals surface area contributed by atoms with Gasteiger partial charge in [0, 0.05) is 25.3 Å². The zero-order chi connectivity index (χ0) is 17.9. The highest BCUT2D eigenvalue weighted by Gasteiger charge is 2.31. The zero-order valence-electron chi connectivity index (χ0n) is 14.0. The fraction of sp³-hybridized carbons (Fsp3) is 0.647. The molecule has 3 rings (SSSR count). The Morgan fingerprint density at radius 3 is 2.52 bits per heavy atom. The number of aromatic nitrogens is 1. The minimum Gasteiger partial charge on any atom is -0.356 e. The van der Waals surface area contributed by atoms with Crippen LogP contribution in [-0.4, -0.2) is 42.6 Å². The number of pyridine rings is 1. The number of hydrogen-bond donors (Lipinski definition) is 2. The van der Waals surface area contributed by atoms with Crippen LogP contribution in [0, 0.1) is 0 Å². The zero-order valence-corrected chi connectivity index (χ0v) is 14.0. The Morgan fingerprint density at radius 1 is 1.20 bits per heavy atom. The Kier molecular flexibility index (Phi) is 5.46. The summed E-state index contributed by atoms with van der Waals surface area (Å²) in [5.41, 5.74) is -0.738. The van der Waals surface area contributed by atoms with Gasteiger partial charge in [-0.05, 0) is 44.4 Å². The van der Waals surface area contributed by atoms with Crippen molar-refractivity contribution >= 4 is 11.7 Å². The molecule has 2 N–H and O–H groups in total. The van der Waals surface area contributed by atoms with Gasteiger partial charge in [0.15, 0.2) is 0 Å². The normalized spacial score (nSPS) is 22.7. The monoisotopic (exact) mass is 356 g/mol. The minimum absolute atomic E-state index is 0.0609. The second-order valence-corrected chi connectivity index (χ2v) is 6.68. The van der Waals surface area contributed by atoms with Crippen molar-refractivity contribution in [1.29, 1.82) is 0 Å². The van der Waals surface area contributed by atoms with Gasteiger partial charge in [0.1, 0.15) is 5.82 Å². The van der Waals surface area contributed by atoms with Gasteiger partial charge in [0.2, 0.25) is 5.91 Å². The SMILES string of the molecule is O=C(NC1CCN(c2ccc(C(F)(F)F)cn2)CC1)C1CCCCN1. The maximum atomic E-state index is 12.6. The molecular weight excluding hydrogens is 333 g/mol. The summed E-state index contributed by atoms with van der Waals surface area (Å²) in [6.07, 6.45) is 1.10. The highest BCUT2D eigenvalue weighted by Crippen LogP contribution is 2.29. The average molecular weight is 356 g/mol. The Bertz CT molecular complexity index is 577. The van der Waals surface area contributed by atoms with E-state index in [0.717, 1.165) is 50.9 Å². The third kappa shape index (κ3) is 4.62. The molecule has 1 amide bonds. The van der Waals surface area contributed by atoms with Gasteiger partial charge in [-0.15, -0.1) is 0 Å². The first-order valence-electron chi connectivity index (χ1n) is 8.75. The first-order chi connectivity index (χ1) is 11.9. The molecule has 2 aliphatic heterocycles. The first-order valence-corrected chi connectivity index (χ1v) is 8.75. The van der Waals surface area contributed by atoms with Crippen LogP contribution in [0.2, 0.25) is 0 Å². The summed E-state index contributed by atoms with van der Waals surface area (Å²) in [6, 6.07) is 2.49. The van der Waals surface area contributed by atoms with Crippen molar-refractivity contribution in [3.05, 3.63) is 23.9 Å². The Labute approximate surface area is 145 Å². The predicted octanol–water partition coefficient (Wildman–Crippen LogP) is 2.33. The Morgan fingerprint density at radius 2 is 1.96 bits per heavy atom. The number of alkyl halides is 3. The number of nitrogens with one attached hydrogen (secondary N) is 2. The fourth-order valence-electron chi connectivity index (χ4n) is 3.37. The van der Waals surface area contributed by atoms with E-state index in [-0.39, 0.29) is 18.0 Å². The number of piperidine rings is 2. The standard InChI is InChI=1S/C17H23F3N4O/c18-17(19,20)12-4-5-15(22-11-12)24-9-6-13(7-10-24)23-16(25)14-3-1-2-8-21-14/h4-5,11,13-14,21H,1-3,6-10H2,(H,23,25). The van der Waals surface area contributed by atoms with E-state index >= 15 is 0 Å². The van der Waals surface area contributed by atoms with Crippen LogP contribution in [0.1, 0.15) is 37.7 Å². The number of rotatable bonds is 3. The van der Waals surface area contributed by atoms with Crippen molar-refractivity contribution < 1.29 is 18.0 Å². The van der Waals surface area contributed by atoms with Gasteiger partial charge < -0.3 is 15.5 Å². The largest absolute Gasteiger partial charge is 0.417 e. The molecule has 8 heteroatoms. The van der Waals surface area contributed by atoms with Crippen LogP contribution in [0.15, 0.2) is 18.3 Å². The molecule has 2 saturated heterocycles. The summed E-state index contributed by atoms with van der Waals surface area (Å²) >= 11 is 0. The molecule has 3 heterocycles. The molecule has 0 spiro atoms. The molecule has 138 valence electrons. The fourth-order valence-corrected chi connectivity index (χ4v) is 3.37. The second kappa shape index (κ2) is 7.59. The highest BCUT2D eigenvalue weighted by molar-refractivity contribution is 5.82. The molecule has 0 aromatic carbocycles.